The van der Waals surface area contributed by atoms with Gasteiger partial charge >= 0.3 is 0 Å². The molecule has 0 unspecified atom stereocenters. The van der Waals surface area contributed by atoms with Crippen molar-refractivity contribution < 1.29 is 19.1 Å². The molecule has 11 heteroatoms. The third-order valence-electron chi connectivity index (χ3n) is 7.54. The summed E-state index contributed by atoms with van der Waals surface area (Å²) < 4.78 is 7.70. The van der Waals surface area contributed by atoms with Crippen LogP contribution in [-0.2, 0) is 16.6 Å². The van der Waals surface area contributed by atoms with Gasteiger partial charge in [0.1, 0.15) is 5.75 Å². The van der Waals surface area contributed by atoms with Crippen LogP contribution >= 0.6 is 0 Å². The summed E-state index contributed by atoms with van der Waals surface area (Å²) in [6.45, 7) is 4.35. The Bertz CT molecular complexity index is 1340. The van der Waals surface area contributed by atoms with Gasteiger partial charge < -0.3 is 25.2 Å². The second-order valence-corrected chi connectivity index (χ2v) is 10.3. The van der Waals surface area contributed by atoms with Gasteiger partial charge in [-0.15, -0.1) is 0 Å². The average Bonchev–Trinajstić information content (AvgIpc) is 3.56. The van der Waals surface area contributed by atoms with Crippen LogP contribution in [0.15, 0.2) is 54.9 Å². The van der Waals surface area contributed by atoms with Gasteiger partial charge in [-0.25, -0.2) is 0 Å². The summed E-state index contributed by atoms with van der Waals surface area (Å²) in [5, 5.41) is 10.5. The second kappa shape index (κ2) is 12.2. The molecular formula is C29H35N7O4. The first-order chi connectivity index (χ1) is 19.4. The zero-order valence-corrected chi connectivity index (χ0v) is 22.9. The van der Waals surface area contributed by atoms with Gasteiger partial charge in [0.15, 0.2) is 5.69 Å². The van der Waals surface area contributed by atoms with Gasteiger partial charge in [0.05, 0.1) is 24.8 Å². The van der Waals surface area contributed by atoms with Crippen molar-refractivity contribution in [2.75, 3.05) is 51.2 Å². The molecule has 5 rings (SSSR count). The first kappa shape index (κ1) is 27.2. The molecular weight excluding hydrogens is 510 g/mol. The Hall–Kier alpha value is -4.41. The molecule has 0 aliphatic carbocycles. The molecule has 4 heterocycles. The van der Waals surface area contributed by atoms with Crippen LogP contribution in [0, 0.1) is 12.8 Å². The van der Waals surface area contributed by atoms with E-state index in [1.54, 1.807) is 46.1 Å². The largest absolute Gasteiger partial charge is 0.494 e. The number of benzene rings is 1. The highest BCUT2D eigenvalue weighted by Crippen LogP contribution is 2.35. The van der Waals surface area contributed by atoms with E-state index in [2.05, 4.69) is 20.7 Å². The Balaban J connectivity index is 1.31. The summed E-state index contributed by atoms with van der Waals surface area (Å²) in [4.78, 5) is 47.4. The topological polar surface area (TPSA) is 122 Å². The summed E-state index contributed by atoms with van der Waals surface area (Å²) in [6, 6.07) is 13.2. The van der Waals surface area contributed by atoms with Crippen molar-refractivity contribution in [3.05, 3.63) is 71.8 Å². The molecule has 0 saturated carbocycles. The lowest BCUT2D eigenvalue weighted by molar-refractivity contribution is -0.130. The number of carbonyl (C=O) groups excluding carboxylic acids is 3. The average molecular weight is 546 g/mol. The maximum Gasteiger partial charge on any atom is 0.274 e. The van der Waals surface area contributed by atoms with Gasteiger partial charge in [-0.05, 0) is 49.2 Å². The van der Waals surface area contributed by atoms with Crippen molar-refractivity contribution in [3.8, 4) is 5.75 Å². The lowest BCUT2D eigenvalue weighted by atomic mass is 9.88. The third kappa shape index (κ3) is 6.24. The Morgan fingerprint density at radius 3 is 2.73 bits per heavy atom. The van der Waals surface area contributed by atoms with E-state index >= 15 is 0 Å². The van der Waals surface area contributed by atoms with E-state index in [-0.39, 0.29) is 36.7 Å². The van der Waals surface area contributed by atoms with Gasteiger partial charge in [0.2, 0.25) is 11.8 Å². The molecule has 2 aromatic heterocycles. The summed E-state index contributed by atoms with van der Waals surface area (Å²) in [5.74, 6) is -0.331. The minimum absolute atomic E-state index is 0.0756. The Morgan fingerprint density at radius 2 is 1.95 bits per heavy atom. The molecule has 1 saturated heterocycles. The summed E-state index contributed by atoms with van der Waals surface area (Å²) in [7, 11) is 1.80. The number of fused-ring (bicyclic) bond motifs is 4. The quantitative estimate of drug-likeness (QED) is 0.513. The Morgan fingerprint density at radius 1 is 1.10 bits per heavy atom. The first-order valence-electron chi connectivity index (χ1n) is 13.6. The van der Waals surface area contributed by atoms with Crippen molar-refractivity contribution in [2.24, 2.45) is 13.0 Å². The zero-order chi connectivity index (χ0) is 28.1. The molecule has 2 aliphatic heterocycles. The van der Waals surface area contributed by atoms with Gasteiger partial charge in [0, 0.05) is 63.8 Å². The molecule has 3 aromatic rings. The summed E-state index contributed by atoms with van der Waals surface area (Å²) >= 11 is 0. The molecule has 3 amide bonds. The van der Waals surface area contributed by atoms with Crippen molar-refractivity contribution in [1.82, 2.24) is 29.9 Å². The van der Waals surface area contributed by atoms with Crippen molar-refractivity contribution in [2.45, 2.75) is 19.3 Å². The number of likely N-dealkylation sites (tertiary alicyclic amines) is 1. The molecule has 2 aliphatic rings. The van der Waals surface area contributed by atoms with Gasteiger partial charge in [-0.1, -0.05) is 12.1 Å². The van der Waals surface area contributed by atoms with Crippen LogP contribution in [0.5, 0.6) is 5.75 Å². The van der Waals surface area contributed by atoms with Crippen LogP contribution in [-0.4, -0.2) is 88.2 Å². The summed E-state index contributed by atoms with van der Waals surface area (Å²) in [6.07, 6.45) is 3.99. The van der Waals surface area contributed by atoms with Gasteiger partial charge in [-0.2, -0.15) is 5.10 Å². The minimum atomic E-state index is -0.441. The number of aryl methyl sites for hydroxylation is 2. The predicted molar refractivity (Wildman–Crippen MR) is 149 cm³/mol. The van der Waals surface area contributed by atoms with Crippen molar-refractivity contribution in [1.29, 1.82) is 0 Å². The second-order valence-electron chi connectivity index (χ2n) is 10.3. The number of aromatic nitrogens is 3. The van der Waals surface area contributed by atoms with E-state index < -0.39 is 5.92 Å². The van der Waals surface area contributed by atoms with Gasteiger partial charge in [0.25, 0.3) is 5.91 Å². The standard InChI is InChI=1S/C29H35N7O4/c1-20-14-26(33-34(20)2)29(39)36-18-24-21-6-3-8-23(15-21)40-13-5-11-35(12-10-31-28(38)25(24)19-36)27(37)17-32-22-7-4-9-30-16-22/h3-4,6-9,14-16,24-25,32H,5,10-13,17-19H2,1-2H3,(H,31,38)/t24-,25+/m1/s1. The maximum atomic E-state index is 13.5. The number of hydrogen-bond donors (Lipinski definition) is 2. The van der Waals surface area contributed by atoms with Crippen molar-refractivity contribution >= 4 is 23.4 Å². The molecule has 40 heavy (non-hydrogen) atoms. The fourth-order valence-corrected chi connectivity index (χ4v) is 5.24. The molecule has 0 radical (unpaired) electrons. The highest BCUT2D eigenvalue weighted by molar-refractivity contribution is 5.93. The maximum absolute atomic E-state index is 13.5. The van der Waals surface area contributed by atoms with Crippen LogP contribution < -0.4 is 15.4 Å². The Labute approximate surface area is 233 Å². The first-order valence-corrected chi connectivity index (χ1v) is 13.6. The number of amides is 3. The van der Waals surface area contributed by atoms with E-state index in [1.807, 2.05) is 37.3 Å². The zero-order valence-electron chi connectivity index (χ0n) is 22.9. The number of nitrogens with zero attached hydrogens (tertiary/aromatic N) is 5. The van der Waals surface area contributed by atoms with Crippen LogP contribution in [0.3, 0.4) is 0 Å². The molecule has 11 nitrogen and oxygen atoms in total. The number of carbonyl (C=O) groups is 3. The van der Waals surface area contributed by atoms with E-state index in [0.29, 0.717) is 50.7 Å². The van der Waals surface area contributed by atoms with Gasteiger partial charge in [-0.3, -0.25) is 24.0 Å². The van der Waals surface area contributed by atoms with E-state index in [9.17, 15) is 14.4 Å². The number of anilines is 1. The summed E-state index contributed by atoms with van der Waals surface area (Å²) in [5.41, 5.74) is 2.98. The number of pyridine rings is 1. The van der Waals surface area contributed by atoms with E-state index in [1.165, 1.54) is 0 Å². The normalized spacial score (nSPS) is 19.7. The van der Waals surface area contributed by atoms with Crippen LogP contribution in [0.2, 0.25) is 0 Å². The smallest absolute Gasteiger partial charge is 0.274 e. The molecule has 210 valence electrons. The minimum Gasteiger partial charge on any atom is -0.494 e. The molecule has 2 bridgehead atoms. The Kier molecular flexibility index (Phi) is 8.28. The molecule has 1 fully saturated rings. The molecule has 0 spiro atoms. The van der Waals surface area contributed by atoms with Crippen molar-refractivity contribution in [3.63, 3.8) is 0 Å². The van der Waals surface area contributed by atoms with Crippen LogP contribution in [0.25, 0.3) is 0 Å². The molecule has 2 N–H and O–H groups in total. The third-order valence-corrected chi connectivity index (χ3v) is 7.54. The fourth-order valence-electron chi connectivity index (χ4n) is 5.24. The molecule has 1 aromatic carbocycles. The number of rotatable bonds is 4. The highest BCUT2D eigenvalue weighted by Gasteiger charge is 2.41. The number of hydrogen-bond acceptors (Lipinski definition) is 7. The van der Waals surface area contributed by atoms with E-state index in [0.717, 1.165) is 16.9 Å². The SMILES string of the molecule is Cc1cc(C(=O)N2C[C@@H]3C(=O)NCCN(C(=O)CNc4cccnc4)CCCOc4cccc(c4)[C@H]3C2)nn1C. The molecule has 2 atom stereocenters. The lowest BCUT2D eigenvalue weighted by Gasteiger charge is -2.25. The predicted octanol–water partition coefficient (Wildman–Crippen LogP) is 1.82. The number of nitrogens with one attached hydrogen (secondary N) is 2. The fraction of sp³-hybridized carbons (Fsp3) is 0.414. The van der Waals surface area contributed by atoms with E-state index in [4.69, 9.17) is 4.74 Å². The highest BCUT2D eigenvalue weighted by atomic mass is 16.5. The lowest BCUT2D eigenvalue weighted by Crippen LogP contribution is -2.44. The number of ether oxygens (including phenoxy) is 1. The van der Waals surface area contributed by atoms with Crippen LogP contribution in [0.1, 0.15) is 34.1 Å². The monoisotopic (exact) mass is 545 g/mol. The van der Waals surface area contributed by atoms with Crippen LogP contribution in [0.4, 0.5) is 5.69 Å².